The SMILES string of the molecule is C/C(=N/O)c1ccccc1NC(=O)c1ccc(C)cc1Cl. The number of hydrogen-bond acceptors (Lipinski definition) is 3. The van der Waals surface area contributed by atoms with Crippen LogP contribution in [0.2, 0.25) is 5.02 Å². The number of nitrogens with zero attached hydrogens (tertiary/aromatic N) is 1. The van der Waals surface area contributed by atoms with Gasteiger partial charge in [0.15, 0.2) is 0 Å². The minimum atomic E-state index is -0.307. The summed E-state index contributed by atoms with van der Waals surface area (Å²) < 4.78 is 0. The first-order valence-electron chi connectivity index (χ1n) is 6.38. The number of hydrogen-bond donors (Lipinski definition) is 2. The number of halogens is 1. The number of benzene rings is 2. The minimum Gasteiger partial charge on any atom is -0.411 e. The zero-order chi connectivity index (χ0) is 15.4. The summed E-state index contributed by atoms with van der Waals surface area (Å²) >= 11 is 6.10. The maximum absolute atomic E-state index is 12.3. The molecule has 2 rings (SSSR count). The Morgan fingerprint density at radius 2 is 1.90 bits per heavy atom. The molecule has 1 amide bonds. The van der Waals surface area contributed by atoms with Crippen molar-refractivity contribution in [3.8, 4) is 0 Å². The Labute approximate surface area is 128 Å². The van der Waals surface area contributed by atoms with Crippen molar-refractivity contribution in [2.45, 2.75) is 13.8 Å². The largest absolute Gasteiger partial charge is 0.411 e. The van der Waals surface area contributed by atoms with E-state index in [9.17, 15) is 4.79 Å². The van der Waals surface area contributed by atoms with Crippen molar-refractivity contribution in [1.29, 1.82) is 0 Å². The van der Waals surface area contributed by atoms with E-state index < -0.39 is 0 Å². The second-order valence-corrected chi connectivity index (χ2v) is 5.08. The van der Waals surface area contributed by atoms with E-state index in [1.807, 2.05) is 13.0 Å². The number of anilines is 1. The number of carbonyl (C=O) groups excluding carboxylic acids is 1. The van der Waals surface area contributed by atoms with E-state index in [4.69, 9.17) is 16.8 Å². The lowest BCUT2D eigenvalue weighted by atomic mass is 10.1. The van der Waals surface area contributed by atoms with Crippen LogP contribution >= 0.6 is 11.6 Å². The normalized spacial score (nSPS) is 11.3. The van der Waals surface area contributed by atoms with Gasteiger partial charge in [-0.25, -0.2) is 0 Å². The monoisotopic (exact) mass is 302 g/mol. The third-order valence-electron chi connectivity index (χ3n) is 3.08. The van der Waals surface area contributed by atoms with Crippen LogP contribution in [0.3, 0.4) is 0 Å². The highest BCUT2D eigenvalue weighted by molar-refractivity contribution is 6.34. The highest BCUT2D eigenvalue weighted by Gasteiger charge is 2.13. The third-order valence-corrected chi connectivity index (χ3v) is 3.40. The van der Waals surface area contributed by atoms with Crippen molar-refractivity contribution in [3.63, 3.8) is 0 Å². The highest BCUT2D eigenvalue weighted by atomic mass is 35.5. The van der Waals surface area contributed by atoms with E-state index >= 15 is 0 Å². The Kier molecular flexibility index (Phi) is 4.60. The van der Waals surface area contributed by atoms with Crippen LogP contribution in [0.5, 0.6) is 0 Å². The summed E-state index contributed by atoms with van der Waals surface area (Å²) in [5.41, 5.74) is 3.02. The molecule has 2 N–H and O–H groups in total. The molecule has 108 valence electrons. The molecule has 0 saturated heterocycles. The summed E-state index contributed by atoms with van der Waals surface area (Å²) in [6, 6.07) is 12.4. The summed E-state index contributed by atoms with van der Waals surface area (Å²) in [7, 11) is 0. The Balaban J connectivity index is 2.32. The molecule has 2 aromatic carbocycles. The fourth-order valence-electron chi connectivity index (χ4n) is 1.96. The summed E-state index contributed by atoms with van der Waals surface area (Å²) in [5, 5.41) is 15.2. The van der Waals surface area contributed by atoms with E-state index in [-0.39, 0.29) is 5.91 Å². The van der Waals surface area contributed by atoms with Gasteiger partial charge in [-0.2, -0.15) is 0 Å². The summed E-state index contributed by atoms with van der Waals surface area (Å²) in [6.07, 6.45) is 0. The van der Waals surface area contributed by atoms with Crippen molar-refractivity contribution in [3.05, 3.63) is 64.2 Å². The van der Waals surface area contributed by atoms with Crippen LogP contribution in [0.4, 0.5) is 5.69 Å². The van der Waals surface area contributed by atoms with Gasteiger partial charge in [0, 0.05) is 5.56 Å². The second-order valence-electron chi connectivity index (χ2n) is 4.67. The molecule has 0 radical (unpaired) electrons. The fraction of sp³-hybridized carbons (Fsp3) is 0.125. The van der Waals surface area contributed by atoms with Crippen molar-refractivity contribution < 1.29 is 10.0 Å². The first kappa shape index (κ1) is 15.1. The molecule has 4 nitrogen and oxygen atoms in total. The highest BCUT2D eigenvalue weighted by Crippen LogP contribution is 2.21. The Bertz CT molecular complexity index is 711. The molecule has 0 unspecified atom stereocenters. The lowest BCUT2D eigenvalue weighted by molar-refractivity contribution is 0.102. The van der Waals surface area contributed by atoms with Gasteiger partial charge in [-0.15, -0.1) is 0 Å². The van der Waals surface area contributed by atoms with Crippen LogP contribution in [0.15, 0.2) is 47.6 Å². The van der Waals surface area contributed by atoms with E-state index in [2.05, 4.69) is 10.5 Å². The molecule has 0 aromatic heterocycles. The number of carbonyl (C=O) groups is 1. The summed E-state index contributed by atoms with van der Waals surface area (Å²) in [4.78, 5) is 12.3. The van der Waals surface area contributed by atoms with Crippen molar-refractivity contribution in [2.75, 3.05) is 5.32 Å². The Hall–Kier alpha value is -2.33. The maximum atomic E-state index is 12.3. The van der Waals surface area contributed by atoms with Crippen LogP contribution in [0.1, 0.15) is 28.4 Å². The molecular formula is C16H15ClN2O2. The first-order chi connectivity index (χ1) is 10.0. The van der Waals surface area contributed by atoms with Gasteiger partial charge in [0.1, 0.15) is 0 Å². The van der Waals surface area contributed by atoms with Gasteiger partial charge < -0.3 is 10.5 Å². The molecule has 0 aliphatic heterocycles. The number of amides is 1. The molecule has 5 heteroatoms. The fourth-order valence-corrected chi connectivity index (χ4v) is 2.28. The standard InChI is InChI=1S/C16H15ClN2O2/c1-10-7-8-13(14(17)9-10)16(20)18-15-6-4-3-5-12(15)11(2)19-21/h3-9,21H,1-2H3,(H,18,20)/b19-11-. The van der Waals surface area contributed by atoms with Crippen molar-refractivity contribution >= 4 is 28.9 Å². The number of rotatable bonds is 3. The summed E-state index contributed by atoms with van der Waals surface area (Å²) in [6.45, 7) is 3.56. The van der Waals surface area contributed by atoms with Gasteiger partial charge in [-0.05, 0) is 37.6 Å². The second kappa shape index (κ2) is 6.41. The van der Waals surface area contributed by atoms with Crippen LogP contribution in [0, 0.1) is 6.92 Å². The average Bonchev–Trinajstić information content (AvgIpc) is 2.46. The van der Waals surface area contributed by atoms with Gasteiger partial charge in [0.2, 0.25) is 0 Å². The van der Waals surface area contributed by atoms with Crippen LogP contribution in [-0.4, -0.2) is 16.8 Å². The third kappa shape index (κ3) is 3.41. The topological polar surface area (TPSA) is 61.7 Å². The van der Waals surface area contributed by atoms with Crippen LogP contribution in [0.25, 0.3) is 0 Å². The average molecular weight is 303 g/mol. The van der Waals surface area contributed by atoms with Gasteiger partial charge >= 0.3 is 0 Å². The van der Waals surface area contributed by atoms with Gasteiger partial charge in [0.25, 0.3) is 5.91 Å². The zero-order valence-electron chi connectivity index (χ0n) is 11.7. The van der Waals surface area contributed by atoms with Gasteiger partial charge in [-0.1, -0.05) is 41.0 Å². The number of aryl methyl sites for hydroxylation is 1. The van der Waals surface area contributed by atoms with E-state index in [0.717, 1.165) is 5.56 Å². The van der Waals surface area contributed by atoms with Crippen molar-refractivity contribution in [1.82, 2.24) is 0 Å². The van der Waals surface area contributed by atoms with Gasteiger partial charge in [-0.3, -0.25) is 4.79 Å². The number of nitrogens with one attached hydrogen (secondary N) is 1. The molecule has 0 saturated carbocycles. The van der Waals surface area contributed by atoms with E-state index in [1.165, 1.54) is 0 Å². The lowest BCUT2D eigenvalue weighted by Gasteiger charge is -2.11. The Morgan fingerprint density at radius 1 is 1.19 bits per heavy atom. The van der Waals surface area contributed by atoms with Crippen LogP contribution < -0.4 is 5.32 Å². The lowest BCUT2D eigenvalue weighted by Crippen LogP contribution is -2.15. The number of para-hydroxylation sites is 1. The molecule has 21 heavy (non-hydrogen) atoms. The molecular weight excluding hydrogens is 288 g/mol. The zero-order valence-corrected chi connectivity index (χ0v) is 12.5. The predicted octanol–water partition coefficient (Wildman–Crippen LogP) is 4.10. The smallest absolute Gasteiger partial charge is 0.257 e. The Morgan fingerprint density at radius 3 is 2.57 bits per heavy atom. The van der Waals surface area contributed by atoms with E-state index in [0.29, 0.717) is 27.5 Å². The van der Waals surface area contributed by atoms with Crippen LogP contribution in [-0.2, 0) is 0 Å². The quantitative estimate of drug-likeness (QED) is 0.509. The van der Waals surface area contributed by atoms with Gasteiger partial charge in [0.05, 0.1) is 22.0 Å². The molecule has 0 atom stereocenters. The number of oxime groups is 1. The van der Waals surface area contributed by atoms with E-state index in [1.54, 1.807) is 43.3 Å². The molecule has 0 spiro atoms. The maximum Gasteiger partial charge on any atom is 0.257 e. The molecule has 0 fully saturated rings. The molecule has 0 heterocycles. The molecule has 0 aliphatic carbocycles. The molecule has 0 aliphatic rings. The molecule has 2 aromatic rings. The minimum absolute atomic E-state index is 0.307. The molecule has 0 bridgehead atoms. The summed E-state index contributed by atoms with van der Waals surface area (Å²) in [5.74, 6) is -0.307. The van der Waals surface area contributed by atoms with Crippen molar-refractivity contribution in [2.24, 2.45) is 5.16 Å². The first-order valence-corrected chi connectivity index (χ1v) is 6.76. The predicted molar refractivity (Wildman–Crippen MR) is 84.6 cm³/mol.